The van der Waals surface area contributed by atoms with Crippen LogP contribution in [0, 0.1) is 0 Å². The molecule has 1 saturated heterocycles. The van der Waals surface area contributed by atoms with Gasteiger partial charge in [0.2, 0.25) is 0 Å². The number of aliphatic imine (C=N–C) groups is 1. The van der Waals surface area contributed by atoms with Gasteiger partial charge >= 0.3 is 0 Å². The molecule has 0 unspecified atom stereocenters. The van der Waals surface area contributed by atoms with Crippen molar-refractivity contribution in [3.8, 4) is 11.5 Å². The summed E-state index contributed by atoms with van der Waals surface area (Å²) in [7, 11) is 5.27. The summed E-state index contributed by atoms with van der Waals surface area (Å²) in [4.78, 5) is 24.6. The van der Waals surface area contributed by atoms with Crippen LogP contribution < -0.4 is 14.4 Å². The third-order valence-electron chi connectivity index (χ3n) is 6.34. The van der Waals surface area contributed by atoms with Crippen LogP contribution >= 0.6 is 35.1 Å². The lowest BCUT2D eigenvalue weighted by Crippen LogP contribution is -2.40. The van der Waals surface area contributed by atoms with E-state index in [2.05, 4.69) is 4.90 Å². The van der Waals surface area contributed by atoms with Crippen molar-refractivity contribution in [3.05, 3.63) is 51.4 Å². The molecule has 0 atom stereocenters. The van der Waals surface area contributed by atoms with E-state index in [4.69, 9.17) is 26.1 Å². The topological polar surface area (TPSA) is 54.4 Å². The normalized spacial score (nSPS) is 22.0. The smallest absolute Gasteiger partial charge is 0.269 e. The maximum atomic E-state index is 13.9. The number of anilines is 1. The molecule has 2 aliphatic heterocycles. The number of benzene rings is 2. The van der Waals surface area contributed by atoms with Crippen molar-refractivity contribution in [2.24, 2.45) is 4.99 Å². The summed E-state index contributed by atoms with van der Waals surface area (Å²) in [6, 6.07) is 11.5. The van der Waals surface area contributed by atoms with E-state index in [-0.39, 0.29) is 11.9 Å². The Labute approximate surface area is 213 Å². The molecule has 3 aliphatic rings. The zero-order valence-corrected chi connectivity index (χ0v) is 21.7. The van der Waals surface area contributed by atoms with Crippen LogP contribution in [0.4, 0.5) is 11.4 Å². The van der Waals surface area contributed by atoms with Crippen LogP contribution in [-0.4, -0.2) is 43.3 Å². The Balaban J connectivity index is 1.57. The molecule has 2 aromatic carbocycles. The molecular weight excluding hydrogens is 490 g/mol. The first-order chi connectivity index (χ1) is 16.5. The predicted molar refractivity (Wildman–Crippen MR) is 141 cm³/mol. The fourth-order valence-electron chi connectivity index (χ4n) is 4.56. The van der Waals surface area contributed by atoms with Crippen LogP contribution in [0.1, 0.15) is 32.1 Å². The van der Waals surface area contributed by atoms with Crippen molar-refractivity contribution in [1.82, 2.24) is 4.90 Å². The molecule has 0 radical (unpaired) electrons. The summed E-state index contributed by atoms with van der Waals surface area (Å²) in [6.45, 7) is 0. The number of nitrogens with zero attached hydrogens (tertiary/aromatic N) is 3. The van der Waals surface area contributed by atoms with Crippen molar-refractivity contribution >= 4 is 57.6 Å². The number of amidine groups is 1. The summed E-state index contributed by atoms with van der Waals surface area (Å²) in [5, 5.41) is 2.18. The molecule has 1 aliphatic carbocycles. The number of amides is 1. The van der Waals surface area contributed by atoms with Crippen LogP contribution in [0.3, 0.4) is 0 Å². The third-order valence-corrected chi connectivity index (χ3v) is 8.99. The van der Waals surface area contributed by atoms with Gasteiger partial charge in [0, 0.05) is 29.1 Å². The van der Waals surface area contributed by atoms with Gasteiger partial charge in [-0.2, -0.15) is 0 Å². The zero-order chi connectivity index (χ0) is 23.8. The number of methoxy groups -OCH3 is 2. The number of carbonyl (C=O) groups excluding carboxylic acids is 1. The van der Waals surface area contributed by atoms with Gasteiger partial charge in [0.1, 0.15) is 22.1 Å². The van der Waals surface area contributed by atoms with E-state index in [0.29, 0.717) is 26.5 Å². The quantitative estimate of drug-likeness (QED) is 0.424. The summed E-state index contributed by atoms with van der Waals surface area (Å²) < 4.78 is 10.9. The van der Waals surface area contributed by atoms with Crippen molar-refractivity contribution < 1.29 is 14.3 Å². The minimum absolute atomic E-state index is 0.0192. The standard InChI is InChI=1S/C25H26ClN3O3S2/c1-28-19-14-17(31-2)10-12-21(19)33-24(28)22-23(30)29(16-7-5-4-6-8-16)25(34-22)27-18-13-15(26)9-11-20(18)32-3/h9-14,16H,4-8H2,1-3H3/b24-22-,27-25?. The SMILES string of the molecule is COc1ccc2c(c1)N(C)/C(=C1/SC(=Nc3cc(Cl)ccc3OC)N(C3CCCCC3)C1=O)S2. The Hall–Kier alpha value is -2.29. The van der Waals surface area contributed by atoms with Gasteiger partial charge in [-0.15, -0.1) is 0 Å². The average molecular weight is 516 g/mol. The van der Waals surface area contributed by atoms with E-state index in [1.54, 1.807) is 44.2 Å². The lowest BCUT2D eigenvalue weighted by Gasteiger charge is -2.30. The first kappa shape index (κ1) is 23.5. The number of carbonyl (C=O) groups is 1. The molecule has 34 heavy (non-hydrogen) atoms. The molecule has 1 amide bonds. The van der Waals surface area contributed by atoms with Crippen molar-refractivity contribution in [2.45, 2.75) is 43.0 Å². The van der Waals surface area contributed by atoms with Crippen molar-refractivity contribution in [1.29, 1.82) is 0 Å². The van der Waals surface area contributed by atoms with Gasteiger partial charge in [-0.25, -0.2) is 4.99 Å². The molecule has 0 bridgehead atoms. The Morgan fingerprint density at radius 3 is 2.56 bits per heavy atom. The Morgan fingerprint density at radius 1 is 1.03 bits per heavy atom. The highest BCUT2D eigenvalue weighted by atomic mass is 35.5. The fourth-order valence-corrected chi connectivity index (χ4v) is 7.10. The largest absolute Gasteiger partial charge is 0.497 e. The van der Waals surface area contributed by atoms with E-state index < -0.39 is 0 Å². The molecule has 178 valence electrons. The molecule has 9 heteroatoms. The van der Waals surface area contributed by atoms with Crippen LogP contribution in [0.5, 0.6) is 11.5 Å². The third kappa shape index (κ3) is 4.27. The van der Waals surface area contributed by atoms with Gasteiger partial charge in [-0.1, -0.05) is 42.6 Å². The average Bonchev–Trinajstić information content (AvgIpc) is 3.35. The molecular formula is C25H26ClN3O3S2. The highest BCUT2D eigenvalue weighted by molar-refractivity contribution is 8.19. The summed E-state index contributed by atoms with van der Waals surface area (Å²) in [5.74, 6) is 1.44. The molecule has 6 nitrogen and oxygen atoms in total. The second-order valence-electron chi connectivity index (χ2n) is 8.41. The minimum Gasteiger partial charge on any atom is -0.497 e. The number of rotatable bonds is 4. The second-order valence-corrected chi connectivity index (χ2v) is 10.9. The monoisotopic (exact) mass is 515 g/mol. The van der Waals surface area contributed by atoms with Gasteiger partial charge < -0.3 is 14.4 Å². The lowest BCUT2D eigenvalue weighted by atomic mass is 9.94. The van der Waals surface area contributed by atoms with Crippen LogP contribution in [-0.2, 0) is 4.79 Å². The molecule has 2 fully saturated rings. The van der Waals surface area contributed by atoms with E-state index in [1.807, 2.05) is 30.1 Å². The van der Waals surface area contributed by atoms with E-state index in [9.17, 15) is 4.79 Å². The second kappa shape index (κ2) is 9.76. The van der Waals surface area contributed by atoms with E-state index >= 15 is 0 Å². The van der Waals surface area contributed by atoms with E-state index in [0.717, 1.165) is 47.0 Å². The summed E-state index contributed by atoms with van der Waals surface area (Å²) in [6.07, 6.45) is 5.43. The van der Waals surface area contributed by atoms with Crippen LogP contribution in [0.25, 0.3) is 0 Å². The van der Waals surface area contributed by atoms with E-state index in [1.165, 1.54) is 18.2 Å². The van der Waals surface area contributed by atoms with Crippen LogP contribution in [0.2, 0.25) is 5.02 Å². The zero-order valence-electron chi connectivity index (χ0n) is 19.3. The van der Waals surface area contributed by atoms with Crippen LogP contribution in [0.15, 0.2) is 56.2 Å². The number of halogens is 1. The van der Waals surface area contributed by atoms with Crippen molar-refractivity contribution in [2.75, 3.05) is 26.2 Å². The predicted octanol–water partition coefficient (Wildman–Crippen LogP) is 6.66. The maximum absolute atomic E-state index is 13.9. The Morgan fingerprint density at radius 2 is 1.82 bits per heavy atom. The fraction of sp³-hybridized carbons (Fsp3) is 0.360. The van der Waals surface area contributed by atoms with Gasteiger partial charge in [0.25, 0.3) is 5.91 Å². The number of fused-ring (bicyclic) bond motifs is 1. The number of thioether (sulfide) groups is 2. The summed E-state index contributed by atoms with van der Waals surface area (Å²) in [5.41, 5.74) is 1.66. The molecule has 1 saturated carbocycles. The highest BCUT2D eigenvalue weighted by Crippen LogP contribution is 2.51. The molecule has 0 N–H and O–H groups in total. The van der Waals surface area contributed by atoms with Gasteiger partial charge in [-0.05, 0) is 54.9 Å². The minimum atomic E-state index is 0.0192. The first-order valence-corrected chi connectivity index (χ1v) is 13.3. The molecule has 0 spiro atoms. The van der Waals surface area contributed by atoms with Crippen molar-refractivity contribution in [3.63, 3.8) is 0 Å². The van der Waals surface area contributed by atoms with Gasteiger partial charge in [-0.3, -0.25) is 9.69 Å². The molecule has 2 heterocycles. The number of hydrogen-bond acceptors (Lipinski definition) is 7. The van der Waals surface area contributed by atoms with Gasteiger partial charge in [0.15, 0.2) is 5.17 Å². The summed E-state index contributed by atoms with van der Waals surface area (Å²) >= 11 is 9.31. The number of hydrogen-bond donors (Lipinski definition) is 0. The first-order valence-electron chi connectivity index (χ1n) is 11.3. The molecule has 0 aromatic heterocycles. The highest BCUT2D eigenvalue weighted by Gasteiger charge is 2.42. The maximum Gasteiger partial charge on any atom is 0.269 e. The molecule has 5 rings (SSSR count). The Kier molecular flexibility index (Phi) is 6.73. The lowest BCUT2D eigenvalue weighted by molar-refractivity contribution is -0.124. The molecule has 2 aromatic rings. The number of ether oxygens (including phenoxy) is 2. The van der Waals surface area contributed by atoms with Gasteiger partial charge in [0.05, 0.1) is 24.9 Å². The Bertz CT molecular complexity index is 1190.